The number of carboxylic acids is 1. The van der Waals surface area contributed by atoms with Gasteiger partial charge in [0.2, 0.25) is 0 Å². The number of nitriles is 1. The SMILES string of the molecule is CCOc1cc(C=C(C#N)c2nc3ccc(C)cc3[nH]2)c(Br)cc1OCC(=O)O. The molecule has 0 aliphatic carbocycles. The van der Waals surface area contributed by atoms with Crippen LogP contribution in [-0.2, 0) is 4.79 Å². The third-order valence-electron chi connectivity index (χ3n) is 4.03. The Balaban J connectivity index is 2.02. The number of rotatable bonds is 7. The van der Waals surface area contributed by atoms with E-state index in [1.807, 2.05) is 32.0 Å². The Morgan fingerprint density at radius 1 is 1.31 bits per heavy atom. The van der Waals surface area contributed by atoms with E-state index in [2.05, 4.69) is 32.0 Å². The Bertz CT molecular complexity index is 1140. The summed E-state index contributed by atoms with van der Waals surface area (Å²) < 4.78 is 11.5. The topological polar surface area (TPSA) is 108 Å². The number of aromatic nitrogens is 2. The van der Waals surface area contributed by atoms with Crippen LogP contribution in [-0.4, -0.2) is 34.3 Å². The van der Waals surface area contributed by atoms with Gasteiger partial charge in [0.25, 0.3) is 0 Å². The molecule has 1 heterocycles. The van der Waals surface area contributed by atoms with Gasteiger partial charge in [0.1, 0.15) is 11.9 Å². The molecule has 7 nitrogen and oxygen atoms in total. The summed E-state index contributed by atoms with van der Waals surface area (Å²) >= 11 is 3.45. The Morgan fingerprint density at radius 2 is 2.07 bits per heavy atom. The number of aromatic amines is 1. The van der Waals surface area contributed by atoms with Crippen LogP contribution in [0.5, 0.6) is 11.5 Å². The van der Waals surface area contributed by atoms with Crippen molar-refractivity contribution in [1.82, 2.24) is 9.97 Å². The number of carbonyl (C=O) groups is 1. The van der Waals surface area contributed by atoms with Gasteiger partial charge in [-0.05, 0) is 55.3 Å². The molecule has 2 N–H and O–H groups in total. The molecular weight excluding hydrogens is 438 g/mol. The molecule has 0 fully saturated rings. The number of nitrogens with one attached hydrogen (secondary N) is 1. The molecule has 0 aliphatic heterocycles. The Kier molecular flexibility index (Phi) is 6.20. The highest BCUT2D eigenvalue weighted by Gasteiger charge is 2.14. The van der Waals surface area contributed by atoms with Gasteiger partial charge in [0, 0.05) is 4.47 Å². The lowest BCUT2D eigenvalue weighted by Gasteiger charge is -2.13. The molecule has 0 amide bonds. The first-order chi connectivity index (χ1) is 13.9. The lowest BCUT2D eigenvalue weighted by atomic mass is 10.1. The number of allylic oxidation sites excluding steroid dienone is 1. The first-order valence-electron chi connectivity index (χ1n) is 8.80. The molecule has 0 saturated carbocycles. The Labute approximate surface area is 175 Å². The number of ether oxygens (including phenoxy) is 2. The lowest BCUT2D eigenvalue weighted by molar-refractivity contribution is -0.139. The second-order valence-corrected chi connectivity index (χ2v) is 7.07. The van der Waals surface area contributed by atoms with Gasteiger partial charge >= 0.3 is 5.97 Å². The lowest BCUT2D eigenvalue weighted by Crippen LogP contribution is -2.10. The van der Waals surface area contributed by atoms with Gasteiger partial charge in [-0.1, -0.05) is 22.0 Å². The zero-order valence-electron chi connectivity index (χ0n) is 15.8. The van der Waals surface area contributed by atoms with Gasteiger partial charge in [-0.3, -0.25) is 0 Å². The number of halogens is 1. The molecule has 0 bridgehead atoms. The van der Waals surface area contributed by atoms with Gasteiger partial charge < -0.3 is 19.6 Å². The maximum absolute atomic E-state index is 10.8. The molecule has 0 radical (unpaired) electrons. The molecular formula is C21H18BrN3O4. The second kappa shape index (κ2) is 8.80. The molecule has 0 spiro atoms. The third-order valence-corrected chi connectivity index (χ3v) is 4.71. The number of benzene rings is 2. The van der Waals surface area contributed by atoms with Crippen molar-refractivity contribution >= 4 is 44.6 Å². The molecule has 3 rings (SSSR count). The summed E-state index contributed by atoms with van der Waals surface area (Å²) in [6.07, 6.45) is 1.68. The highest BCUT2D eigenvalue weighted by molar-refractivity contribution is 9.10. The minimum Gasteiger partial charge on any atom is -0.490 e. The van der Waals surface area contributed by atoms with Gasteiger partial charge in [0.15, 0.2) is 18.1 Å². The van der Waals surface area contributed by atoms with E-state index in [-0.39, 0.29) is 0 Å². The average Bonchev–Trinajstić information content (AvgIpc) is 3.09. The van der Waals surface area contributed by atoms with Gasteiger partial charge in [-0.2, -0.15) is 5.26 Å². The number of aryl methyl sites for hydroxylation is 1. The molecule has 0 unspecified atom stereocenters. The largest absolute Gasteiger partial charge is 0.490 e. The molecule has 1 aromatic heterocycles. The maximum Gasteiger partial charge on any atom is 0.341 e. The number of fused-ring (bicyclic) bond motifs is 1. The van der Waals surface area contributed by atoms with E-state index in [0.29, 0.717) is 39.5 Å². The van der Waals surface area contributed by atoms with Crippen molar-refractivity contribution in [3.63, 3.8) is 0 Å². The van der Waals surface area contributed by atoms with Gasteiger partial charge in [-0.25, -0.2) is 9.78 Å². The molecule has 3 aromatic rings. The van der Waals surface area contributed by atoms with Crippen molar-refractivity contribution in [2.24, 2.45) is 0 Å². The number of H-pyrrole nitrogens is 1. The number of carboxylic acid groups (broad SMARTS) is 1. The summed E-state index contributed by atoms with van der Waals surface area (Å²) in [5.41, 5.74) is 3.74. The summed E-state index contributed by atoms with van der Waals surface area (Å²) in [6.45, 7) is 3.70. The van der Waals surface area contributed by atoms with Crippen LogP contribution in [0.1, 0.15) is 23.9 Å². The maximum atomic E-state index is 10.8. The van der Waals surface area contributed by atoms with E-state index >= 15 is 0 Å². The van der Waals surface area contributed by atoms with Crippen LogP contribution in [0.15, 0.2) is 34.8 Å². The van der Waals surface area contributed by atoms with Crippen molar-refractivity contribution in [3.05, 3.63) is 51.8 Å². The number of hydrogen-bond acceptors (Lipinski definition) is 5. The minimum absolute atomic E-state index is 0.302. The van der Waals surface area contributed by atoms with E-state index in [1.165, 1.54) is 0 Å². The monoisotopic (exact) mass is 455 g/mol. The summed E-state index contributed by atoms with van der Waals surface area (Å²) in [5, 5.41) is 18.5. The van der Waals surface area contributed by atoms with Crippen molar-refractivity contribution < 1.29 is 19.4 Å². The van der Waals surface area contributed by atoms with Crippen molar-refractivity contribution in [3.8, 4) is 17.6 Å². The van der Waals surface area contributed by atoms with Gasteiger partial charge in [-0.15, -0.1) is 0 Å². The zero-order chi connectivity index (χ0) is 21.0. The van der Waals surface area contributed by atoms with Gasteiger partial charge in [0.05, 0.1) is 23.2 Å². The molecule has 2 aromatic carbocycles. The fourth-order valence-corrected chi connectivity index (χ4v) is 3.18. The van der Waals surface area contributed by atoms with E-state index in [9.17, 15) is 10.1 Å². The number of aliphatic carboxylic acids is 1. The zero-order valence-corrected chi connectivity index (χ0v) is 17.4. The highest BCUT2D eigenvalue weighted by Crippen LogP contribution is 2.35. The van der Waals surface area contributed by atoms with Crippen LogP contribution >= 0.6 is 15.9 Å². The molecule has 0 saturated heterocycles. The summed E-state index contributed by atoms with van der Waals surface area (Å²) in [6, 6.07) is 11.3. The quantitative estimate of drug-likeness (QED) is 0.505. The van der Waals surface area contributed by atoms with Crippen molar-refractivity contribution in [1.29, 1.82) is 5.26 Å². The highest BCUT2D eigenvalue weighted by atomic mass is 79.9. The smallest absolute Gasteiger partial charge is 0.341 e. The van der Waals surface area contributed by atoms with Crippen molar-refractivity contribution in [2.45, 2.75) is 13.8 Å². The van der Waals surface area contributed by atoms with Crippen LogP contribution in [0.4, 0.5) is 0 Å². The minimum atomic E-state index is -1.08. The number of nitrogens with zero attached hydrogens (tertiary/aromatic N) is 2. The molecule has 0 atom stereocenters. The Morgan fingerprint density at radius 3 is 2.76 bits per heavy atom. The molecule has 0 aliphatic rings. The fraction of sp³-hybridized carbons (Fsp3) is 0.190. The summed E-state index contributed by atoms with van der Waals surface area (Å²) in [7, 11) is 0. The number of imidazole rings is 1. The van der Waals surface area contributed by atoms with Crippen LogP contribution in [0.25, 0.3) is 22.7 Å². The predicted molar refractivity (Wildman–Crippen MR) is 113 cm³/mol. The molecule has 29 heavy (non-hydrogen) atoms. The Hall–Kier alpha value is -3.31. The fourth-order valence-electron chi connectivity index (χ4n) is 2.74. The molecule has 8 heteroatoms. The first-order valence-corrected chi connectivity index (χ1v) is 9.60. The van der Waals surface area contributed by atoms with Crippen LogP contribution < -0.4 is 9.47 Å². The van der Waals surface area contributed by atoms with E-state index < -0.39 is 12.6 Å². The van der Waals surface area contributed by atoms with E-state index in [1.54, 1.807) is 18.2 Å². The summed E-state index contributed by atoms with van der Waals surface area (Å²) in [5.74, 6) is 0.0697. The predicted octanol–water partition coefficient (Wildman–Crippen LogP) is 4.56. The third kappa shape index (κ3) is 4.76. The average molecular weight is 456 g/mol. The van der Waals surface area contributed by atoms with E-state index in [0.717, 1.165) is 16.6 Å². The van der Waals surface area contributed by atoms with Crippen LogP contribution in [0.3, 0.4) is 0 Å². The molecule has 148 valence electrons. The normalized spacial score (nSPS) is 11.3. The number of hydrogen-bond donors (Lipinski definition) is 2. The first kappa shape index (κ1) is 20.4. The van der Waals surface area contributed by atoms with Crippen molar-refractivity contribution in [2.75, 3.05) is 13.2 Å². The second-order valence-electron chi connectivity index (χ2n) is 6.21. The standard InChI is InChI=1S/C21H18BrN3O4/c1-3-28-18-8-13(15(22)9-19(18)29-11-20(26)27)7-14(10-23)21-24-16-5-4-12(2)6-17(16)25-21/h4-9H,3,11H2,1-2H3,(H,24,25)(H,26,27). The van der Waals surface area contributed by atoms with Crippen LogP contribution in [0.2, 0.25) is 0 Å². The van der Waals surface area contributed by atoms with E-state index in [4.69, 9.17) is 14.6 Å². The summed E-state index contributed by atoms with van der Waals surface area (Å²) in [4.78, 5) is 18.5. The van der Waals surface area contributed by atoms with Crippen LogP contribution in [0, 0.1) is 18.3 Å².